The van der Waals surface area contributed by atoms with Crippen LogP contribution in [0.3, 0.4) is 0 Å². The summed E-state index contributed by atoms with van der Waals surface area (Å²) in [5, 5.41) is 0. The lowest BCUT2D eigenvalue weighted by atomic mass is 9.79. The van der Waals surface area contributed by atoms with Crippen molar-refractivity contribution in [1.82, 2.24) is 0 Å². The maximum absolute atomic E-state index is 4.29. The minimum atomic E-state index is 0.0770. The third kappa shape index (κ3) is 6.06. The molecule has 0 heteroatoms. The van der Waals surface area contributed by atoms with Crippen LogP contribution in [0.5, 0.6) is 0 Å². The van der Waals surface area contributed by atoms with E-state index in [-0.39, 0.29) is 5.41 Å². The van der Waals surface area contributed by atoms with Crippen molar-refractivity contribution in [2.75, 3.05) is 0 Å². The molecule has 0 aromatic carbocycles. The van der Waals surface area contributed by atoms with Crippen LogP contribution in [-0.4, -0.2) is 0 Å². The monoisotopic (exact) mass is 270 g/mol. The van der Waals surface area contributed by atoms with Gasteiger partial charge in [-0.2, -0.15) is 0 Å². The van der Waals surface area contributed by atoms with Crippen LogP contribution in [0.25, 0.3) is 0 Å². The Morgan fingerprint density at radius 2 is 1.50 bits per heavy atom. The minimum Gasteiger partial charge on any atom is -0.0988 e. The molecule has 0 bridgehead atoms. The summed E-state index contributed by atoms with van der Waals surface area (Å²) in [7, 11) is 0. The highest BCUT2D eigenvalue weighted by atomic mass is 14.2. The molecular formula is C20H30. The zero-order chi connectivity index (χ0) is 15.9. The Kier molecular flexibility index (Phi) is 7.28. The summed E-state index contributed by atoms with van der Waals surface area (Å²) in [5.74, 6) is 0. The van der Waals surface area contributed by atoms with Gasteiger partial charge in [0.25, 0.3) is 0 Å². The van der Waals surface area contributed by atoms with Gasteiger partial charge in [-0.3, -0.25) is 0 Å². The number of rotatable bonds is 5. The van der Waals surface area contributed by atoms with Gasteiger partial charge in [0.1, 0.15) is 0 Å². The third-order valence-electron chi connectivity index (χ3n) is 3.35. The predicted molar refractivity (Wildman–Crippen MR) is 93.8 cm³/mol. The molecule has 0 aliphatic carbocycles. The Hall–Kier alpha value is -1.56. The summed E-state index contributed by atoms with van der Waals surface area (Å²) in [4.78, 5) is 0. The molecule has 0 spiro atoms. The summed E-state index contributed by atoms with van der Waals surface area (Å²) in [5.41, 5.74) is 6.08. The van der Waals surface area contributed by atoms with Crippen LogP contribution < -0.4 is 0 Å². The van der Waals surface area contributed by atoms with E-state index in [1.165, 1.54) is 16.7 Å². The zero-order valence-electron chi connectivity index (χ0n) is 14.3. The molecule has 0 atom stereocenters. The van der Waals surface area contributed by atoms with Crippen LogP contribution in [0.4, 0.5) is 0 Å². The van der Waals surface area contributed by atoms with E-state index in [4.69, 9.17) is 0 Å². The van der Waals surface area contributed by atoms with E-state index in [9.17, 15) is 0 Å². The van der Waals surface area contributed by atoms with Gasteiger partial charge in [-0.05, 0) is 49.8 Å². The maximum atomic E-state index is 4.29. The summed E-state index contributed by atoms with van der Waals surface area (Å²) in [6.07, 6.45) is 10.4. The molecule has 0 heterocycles. The molecule has 20 heavy (non-hydrogen) atoms. The molecule has 0 N–H and O–H groups in total. The van der Waals surface area contributed by atoms with Crippen LogP contribution in [0.2, 0.25) is 0 Å². The normalized spacial score (nSPS) is 15.3. The topological polar surface area (TPSA) is 0 Å². The Balaban J connectivity index is 5.59. The summed E-state index contributed by atoms with van der Waals surface area (Å²) < 4.78 is 0. The van der Waals surface area contributed by atoms with Crippen molar-refractivity contribution in [3.05, 3.63) is 71.4 Å². The van der Waals surface area contributed by atoms with Crippen LogP contribution in [0.1, 0.15) is 48.5 Å². The van der Waals surface area contributed by atoms with E-state index >= 15 is 0 Å². The first-order valence-electron chi connectivity index (χ1n) is 7.15. The first kappa shape index (κ1) is 18.4. The Bertz CT molecular complexity index is 483. The van der Waals surface area contributed by atoms with Crippen molar-refractivity contribution < 1.29 is 0 Å². The smallest absolute Gasteiger partial charge is 0.0126 e. The maximum Gasteiger partial charge on any atom is -0.0126 e. The summed E-state index contributed by atoms with van der Waals surface area (Å²) in [6, 6.07) is 0. The molecule has 0 radical (unpaired) electrons. The predicted octanol–water partition coefficient (Wildman–Crippen LogP) is 6.56. The SMILES string of the molecule is C=C/C(C)=C\C=C(/C)C(=C)/C(=C\C(C)=C/C)C(C)(C)C. The molecule has 0 unspecified atom stereocenters. The van der Waals surface area contributed by atoms with Crippen molar-refractivity contribution in [2.45, 2.75) is 48.5 Å². The lowest BCUT2D eigenvalue weighted by Gasteiger charge is -2.26. The molecular weight excluding hydrogens is 240 g/mol. The van der Waals surface area contributed by atoms with E-state index in [1.807, 2.05) is 13.0 Å². The second-order valence-corrected chi connectivity index (χ2v) is 6.28. The molecule has 0 nitrogen and oxygen atoms in total. The Morgan fingerprint density at radius 1 is 0.950 bits per heavy atom. The average Bonchev–Trinajstić information content (AvgIpc) is 2.38. The van der Waals surface area contributed by atoms with Crippen molar-refractivity contribution in [3.63, 3.8) is 0 Å². The zero-order valence-corrected chi connectivity index (χ0v) is 14.3. The fraction of sp³-hybridized carbons (Fsp3) is 0.400. The molecule has 0 aromatic heterocycles. The van der Waals surface area contributed by atoms with Gasteiger partial charge in [0.15, 0.2) is 0 Å². The number of hydrogen-bond donors (Lipinski definition) is 0. The van der Waals surface area contributed by atoms with E-state index in [1.54, 1.807) is 0 Å². The van der Waals surface area contributed by atoms with Crippen molar-refractivity contribution in [2.24, 2.45) is 5.41 Å². The van der Waals surface area contributed by atoms with Gasteiger partial charge in [0.05, 0.1) is 0 Å². The molecule has 110 valence electrons. The van der Waals surface area contributed by atoms with Crippen molar-refractivity contribution in [1.29, 1.82) is 0 Å². The first-order chi connectivity index (χ1) is 9.13. The van der Waals surface area contributed by atoms with Crippen LogP contribution in [-0.2, 0) is 0 Å². The lowest BCUT2D eigenvalue weighted by molar-refractivity contribution is 0.511. The van der Waals surface area contributed by atoms with Gasteiger partial charge in [-0.15, -0.1) is 0 Å². The van der Waals surface area contributed by atoms with Crippen molar-refractivity contribution in [3.8, 4) is 0 Å². The Morgan fingerprint density at radius 3 is 1.90 bits per heavy atom. The van der Waals surface area contributed by atoms with Gasteiger partial charge in [0, 0.05) is 0 Å². The molecule has 0 aliphatic heterocycles. The van der Waals surface area contributed by atoms with Gasteiger partial charge in [-0.25, -0.2) is 0 Å². The highest BCUT2D eigenvalue weighted by molar-refractivity contribution is 5.50. The lowest BCUT2D eigenvalue weighted by Crippen LogP contribution is -2.12. The van der Waals surface area contributed by atoms with Crippen LogP contribution >= 0.6 is 0 Å². The summed E-state index contributed by atoms with van der Waals surface area (Å²) >= 11 is 0. The van der Waals surface area contributed by atoms with Crippen molar-refractivity contribution >= 4 is 0 Å². The van der Waals surface area contributed by atoms with E-state index in [0.717, 1.165) is 11.1 Å². The highest BCUT2D eigenvalue weighted by Crippen LogP contribution is 2.34. The summed E-state index contributed by atoms with van der Waals surface area (Å²) in [6.45, 7) is 23.1. The Labute approximate surface area is 126 Å². The molecule has 0 saturated carbocycles. The largest absolute Gasteiger partial charge is 0.0988 e. The third-order valence-corrected chi connectivity index (χ3v) is 3.35. The molecule has 0 rings (SSSR count). The van der Waals surface area contributed by atoms with Gasteiger partial charge >= 0.3 is 0 Å². The van der Waals surface area contributed by atoms with Crippen LogP contribution in [0.15, 0.2) is 71.4 Å². The first-order valence-corrected chi connectivity index (χ1v) is 7.15. The molecule has 0 fully saturated rings. The average molecular weight is 270 g/mol. The molecule has 0 aromatic rings. The number of allylic oxidation sites excluding steroid dienone is 10. The number of hydrogen-bond acceptors (Lipinski definition) is 0. The molecule has 0 saturated heterocycles. The van der Waals surface area contributed by atoms with E-state index in [2.05, 4.69) is 79.0 Å². The highest BCUT2D eigenvalue weighted by Gasteiger charge is 2.20. The quantitative estimate of drug-likeness (QED) is 0.496. The van der Waals surface area contributed by atoms with Gasteiger partial charge in [0.2, 0.25) is 0 Å². The minimum absolute atomic E-state index is 0.0770. The van der Waals surface area contributed by atoms with Crippen LogP contribution in [0, 0.1) is 5.41 Å². The van der Waals surface area contributed by atoms with E-state index in [0.29, 0.717) is 0 Å². The van der Waals surface area contributed by atoms with Gasteiger partial charge < -0.3 is 0 Å². The second-order valence-electron chi connectivity index (χ2n) is 6.28. The fourth-order valence-corrected chi connectivity index (χ4v) is 1.70. The fourth-order valence-electron chi connectivity index (χ4n) is 1.70. The molecule has 0 aliphatic rings. The standard InChI is InChI=1S/C20H30/c1-10-15(3)12-13-17(5)18(6)19(20(7,8)9)14-16(4)11-2/h10-14H,1,6H2,2-5,7-9H3/b15-12-,16-11-,17-13+,19-14+. The second kappa shape index (κ2) is 7.89. The molecule has 0 amide bonds. The van der Waals surface area contributed by atoms with Gasteiger partial charge in [-0.1, -0.05) is 75.5 Å². The van der Waals surface area contributed by atoms with E-state index < -0.39 is 0 Å².